The van der Waals surface area contributed by atoms with Gasteiger partial charge in [-0.3, -0.25) is 0 Å². The van der Waals surface area contributed by atoms with E-state index in [2.05, 4.69) is 41.3 Å². The summed E-state index contributed by atoms with van der Waals surface area (Å²) in [6.45, 7) is 2.16. The second kappa shape index (κ2) is 6.11. The van der Waals surface area contributed by atoms with Gasteiger partial charge in [0.15, 0.2) is 24.6 Å². The van der Waals surface area contributed by atoms with Crippen LogP contribution in [0.5, 0.6) is 0 Å². The number of likely N-dealkylation sites (N-methyl/N-ethyl adjacent to an activating group) is 1. The fraction of sp³-hybridized carbons (Fsp3) is 0.286. The van der Waals surface area contributed by atoms with E-state index in [1.165, 1.54) is 16.3 Å². The molecule has 0 aliphatic heterocycles. The lowest BCUT2D eigenvalue weighted by molar-refractivity contribution is -0.898. The molecule has 17 heavy (non-hydrogen) atoms. The van der Waals surface area contributed by atoms with Crippen LogP contribution in [0.4, 0.5) is 0 Å². The first-order chi connectivity index (χ1) is 8.34. The Kier molecular flexibility index (Phi) is 4.22. The maximum Gasteiger partial charge on any atom is 0.234 e. The third kappa shape index (κ3) is 3.96. The molecule has 2 heterocycles. The van der Waals surface area contributed by atoms with Crippen LogP contribution < -0.4 is 14.9 Å². The van der Waals surface area contributed by atoms with Gasteiger partial charge < -0.3 is 4.90 Å². The van der Waals surface area contributed by atoms with Gasteiger partial charge in [-0.2, -0.15) is 0 Å². The van der Waals surface area contributed by atoms with Crippen molar-refractivity contribution in [1.29, 1.82) is 0 Å². The average molecular weight is 230 g/mol. The molecule has 2 aromatic rings. The van der Waals surface area contributed by atoms with Gasteiger partial charge >= 0.3 is 0 Å². The molecular formula is C14H20N3+3. The molecule has 2 rings (SSSR count). The van der Waals surface area contributed by atoms with Gasteiger partial charge in [-0.15, -0.1) is 0 Å². The van der Waals surface area contributed by atoms with Gasteiger partial charge in [-0.25, -0.2) is 9.97 Å². The van der Waals surface area contributed by atoms with Crippen LogP contribution in [0.2, 0.25) is 0 Å². The number of pyridine rings is 2. The number of rotatable bonds is 5. The maximum atomic E-state index is 3.27. The molecule has 0 spiro atoms. The van der Waals surface area contributed by atoms with Crippen molar-refractivity contribution in [3.63, 3.8) is 0 Å². The van der Waals surface area contributed by atoms with Crippen molar-refractivity contribution in [2.75, 3.05) is 13.6 Å². The van der Waals surface area contributed by atoms with Gasteiger partial charge in [0, 0.05) is 24.3 Å². The number of aromatic nitrogens is 2. The molecule has 0 saturated carbocycles. The molecule has 0 fully saturated rings. The fourth-order valence-corrected chi connectivity index (χ4v) is 1.89. The highest BCUT2D eigenvalue weighted by atomic mass is 15.1. The second-order valence-electron chi connectivity index (χ2n) is 4.41. The van der Waals surface area contributed by atoms with Crippen LogP contribution in [0.3, 0.4) is 0 Å². The van der Waals surface area contributed by atoms with Crippen molar-refractivity contribution in [2.45, 2.75) is 13.0 Å². The average Bonchev–Trinajstić information content (AvgIpc) is 2.39. The topological polar surface area (TPSA) is 32.7 Å². The minimum atomic E-state index is 1.04. The monoisotopic (exact) mass is 230 g/mol. The van der Waals surface area contributed by atoms with Crippen LogP contribution in [-0.2, 0) is 13.0 Å². The Labute approximate surface area is 102 Å². The van der Waals surface area contributed by atoms with Crippen LogP contribution in [-0.4, -0.2) is 13.6 Å². The lowest BCUT2D eigenvalue weighted by Crippen LogP contribution is -3.08. The number of nitrogens with one attached hydrogen (secondary N) is 3. The summed E-state index contributed by atoms with van der Waals surface area (Å²) >= 11 is 0. The molecule has 3 heteroatoms. The predicted octanol–water partition coefficient (Wildman–Crippen LogP) is -0.428. The van der Waals surface area contributed by atoms with E-state index in [0.717, 1.165) is 19.5 Å². The molecule has 0 aromatic carbocycles. The van der Waals surface area contributed by atoms with Gasteiger partial charge in [0.05, 0.1) is 20.0 Å². The number of hydrogen-bond donors (Lipinski definition) is 1. The van der Waals surface area contributed by atoms with Crippen molar-refractivity contribution >= 4 is 0 Å². The molecule has 0 aliphatic carbocycles. The Bertz CT molecular complexity index is 428. The molecule has 0 radical (unpaired) electrons. The van der Waals surface area contributed by atoms with E-state index >= 15 is 0 Å². The minimum Gasteiger partial charge on any atom is -0.328 e. The Morgan fingerprint density at radius 1 is 0.941 bits per heavy atom. The van der Waals surface area contributed by atoms with Crippen LogP contribution in [0, 0.1) is 0 Å². The molecule has 1 unspecified atom stereocenters. The largest absolute Gasteiger partial charge is 0.328 e. The molecule has 0 bridgehead atoms. The third-order valence-electron chi connectivity index (χ3n) is 2.86. The van der Waals surface area contributed by atoms with Crippen molar-refractivity contribution in [3.05, 3.63) is 60.2 Å². The number of H-pyrrole nitrogens is 2. The molecular weight excluding hydrogens is 210 g/mol. The van der Waals surface area contributed by atoms with Gasteiger partial charge in [-0.05, 0) is 6.07 Å². The smallest absolute Gasteiger partial charge is 0.234 e. The summed E-state index contributed by atoms with van der Waals surface area (Å²) in [5.74, 6) is 0. The van der Waals surface area contributed by atoms with E-state index in [0.29, 0.717) is 0 Å². The molecule has 1 atom stereocenters. The molecule has 3 N–H and O–H groups in total. The molecule has 2 aromatic heterocycles. The SMILES string of the molecule is C[NH+](CCc1cccc[nH+]1)Cc1cccc[nH+]1. The Morgan fingerprint density at radius 2 is 1.59 bits per heavy atom. The standard InChI is InChI=1S/C14H17N3/c1-17(12-14-7-3-5-10-16-14)11-8-13-6-2-4-9-15-13/h2-7,9-10H,8,11-12H2,1H3/p+3. The first kappa shape index (κ1) is 11.7. The van der Waals surface area contributed by atoms with E-state index in [-0.39, 0.29) is 0 Å². The first-order valence-electron chi connectivity index (χ1n) is 6.07. The zero-order valence-corrected chi connectivity index (χ0v) is 10.2. The highest BCUT2D eigenvalue weighted by Gasteiger charge is 2.10. The third-order valence-corrected chi connectivity index (χ3v) is 2.86. The summed E-state index contributed by atoms with van der Waals surface area (Å²) in [7, 11) is 2.23. The molecule has 88 valence electrons. The van der Waals surface area contributed by atoms with Crippen LogP contribution in [0.15, 0.2) is 48.8 Å². The van der Waals surface area contributed by atoms with E-state index in [1.54, 1.807) is 0 Å². The van der Waals surface area contributed by atoms with E-state index in [4.69, 9.17) is 0 Å². The Hall–Kier alpha value is -1.74. The van der Waals surface area contributed by atoms with Crippen molar-refractivity contribution < 1.29 is 14.9 Å². The summed E-state index contributed by atoms with van der Waals surface area (Å²) in [5.41, 5.74) is 2.57. The number of aromatic amines is 2. The quantitative estimate of drug-likeness (QED) is 0.723. The summed E-state index contributed by atoms with van der Waals surface area (Å²) in [5, 5.41) is 0. The normalized spacial score (nSPS) is 12.3. The Morgan fingerprint density at radius 3 is 2.18 bits per heavy atom. The van der Waals surface area contributed by atoms with E-state index < -0.39 is 0 Å². The molecule has 3 nitrogen and oxygen atoms in total. The zero-order valence-electron chi connectivity index (χ0n) is 10.2. The van der Waals surface area contributed by atoms with Crippen molar-refractivity contribution in [1.82, 2.24) is 0 Å². The van der Waals surface area contributed by atoms with Gasteiger partial charge in [0.1, 0.15) is 0 Å². The van der Waals surface area contributed by atoms with Crippen molar-refractivity contribution in [2.24, 2.45) is 0 Å². The van der Waals surface area contributed by atoms with E-state index in [9.17, 15) is 0 Å². The molecule has 0 aliphatic rings. The van der Waals surface area contributed by atoms with Gasteiger partial charge in [0.25, 0.3) is 0 Å². The lowest BCUT2D eigenvalue weighted by atomic mass is 10.2. The Balaban J connectivity index is 1.80. The zero-order chi connectivity index (χ0) is 11.9. The molecule has 0 amide bonds. The summed E-state index contributed by atoms with van der Waals surface area (Å²) in [4.78, 5) is 8.04. The highest BCUT2D eigenvalue weighted by molar-refractivity contribution is 4.96. The van der Waals surface area contributed by atoms with Crippen LogP contribution >= 0.6 is 0 Å². The lowest BCUT2D eigenvalue weighted by Gasteiger charge is -2.09. The number of hydrogen-bond acceptors (Lipinski definition) is 0. The van der Waals surface area contributed by atoms with Crippen molar-refractivity contribution in [3.8, 4) is 0 Å². The van der Waals surface area contributed by atoms with Gasteiger partial charge in [0.2, 0.25) is 5.69 Å². The minimum absolute atomic E-state index is 1.04. The maximum absolute atomic E-state index is 3.27. The highest BCUT2D eigenvalue weighted by Crippen LogP contribution is 1.88. The first-order valence-corrected chi connectivity index (χ1v) is 6.07. The number of quaternary nitrogens is 1. The summed E-state index contributed by atoms with van der Waals surface area (Å²) in [6, 6.07) is 12.5. The molecule has 0 saturated heterocycles. The summed E-state index contributed by atoms with van der Waals surface area (Å²) < 4.78 is 0. The van der Waals surface area contributed by atoms with Crippen LogP contribution in [0.1, 0.15) is 11.4 Å². The summed E-state index contributed by atoms with van der Waals surface area (Å²) in [6.07, 6.45) is 5.04. The van der Waals surface area contributed by atoms with Gasteiger partial charge in [-0.1, -0.05) is 6.07 Å². The van der Waals surface area contributed by atoms with E-state index in [1.807, 2.05) is 24.5 Å². The van der Waals surface area contributed by atoms with Crippen LogP contribution in [0.25, 0.3) is 0 Å². The fourth-order valence-electron chi connectivity index (χ4n) is 1.89. The predicted molar refractivity (Wildman–Crippen MR) is 65.2 cm³/mol. The second-order valence-corrected chi connectivity index (χ2v) is 4.41.